The second kappa shape index (κ2) is 3.01. The van der Waals surface area contributed by atoms with E-state index in [1.165, 1.54) is 0 Å². The van der Waals surface area contributed by atoms with Gasteiger partial charge in [0.05, 0.1) is 12.6 Å². The second-order valence-corrected chi connectivity index (χ2v) is 2.55. The molecule has 1 fully saturated rings. The number of hydrogen-bond acceptors (Lipinski definition) is 2. The van der Waals surface area contributed by atoms with Crippen LogP contribution in [0, 0.1) is 0 Å². The van der Waals surface area contributed by atoms with Crippen molar-refractivity contribution in [1.29, 1.82) is 0 Å². The standard InChI is InChI=1S/C7H13NO2/c1-2-8-6(5-9)3-4-7(8)10/h6,9H,2-5H2,1H3. The van der Waals surface area contributed by atoms with Gasteiger partial charge in [0.15, 0.2) is 0 Å². The molecule has 1 atom stereocenters. The van der Waals surface area contributed by atoms with Crippen molar-refractivity contribution in [1.82, 2.24) is 4.90 Å². The average Bonchev–Trinajstić information content (AvgIpc) is 2.30. The molecule has 1 amide bonds. The van der Waals surface area contributed by atoms with E-state index >= 15 is 0 Å². The molecule has 0 aromatic carbocycles. The highest BCUT2D eigenvalue weighted by atomic mass is 16.3. The van der Waals surface area contributed by atoms with Crippen molar-refractivity contribution < 1.29 is 9.90 Å². The van der Waals surface area contributed by atoms with Crippen molar-refractivity contribution in [2.45, 2.75) is 25.8 Å². The topological polar surface area (TPSA) is 40.5 Å². The van der Waals surface area contributed by atoms with E-state index < -0.39 is 0 Å². The molecule has 1 rings (SSSR count). The number of carbonyl (C=O) groups is 1. The molecule has 1 aliphatic heterocycles. The third-order valence-corrected chi connectivity index (χ3v) is 2.00. The highest BCUT2D eigenvalue weighted by molar-refractivity contribution is 5.78. The molecule has 0 aliphatic carbocycles. The van der Waals surface area contributed by atoms with Crippen LogP contribution in [0.15, 0.2) is 0 Å². The zero-order valence-corrected chi connectivity index (χ0v) is 6.21. The molecular formula is C7H13NO2. The smallest absolute Gasteiger partial charge is 0.222 e. The quantitative estimate of drug-likeness (QED) is 0.590. The fourth-order valence-corrected chi connectivity index (χ4v) is 1.42. The largest absolute Gasteiger partial charge is 0.394 e. The fourth-order valence-electron chi connectivity index (χ4n) is 1.42. The van der Waals surface area contributed by atoms with Crippen LogP contribution < -0.4 is 0 Å². The zero-order valence-electron chi connectivity index (χ0n) is 6.21. The number of amides is 1. The van der Waals surface area contributed by atoms with E-state index in [0.717, 1.165) is 13.0 Å². The molecule has 1 unspecified atom stereocenters. The first-order chi connectivity index (χ1) is 4.79. The predicted molar refractivity (Wildman–Crippen MR) is 37.5 cm³/mol. The Morgan fingerprint density at radius 3 is 2.90 bits per heavy atom. The Morgan fingerprint density at radius 1 is 1.80 bits per heavy atom. The Morgan fingerprint density at radius 2 is 2.50 bits per heavy atom. The molecule has 1 N–H and O–H groups in total. The summed E-state index contributed by atoms with van der Waals surface area (Å²) in [7, 11) is 0. The molecule has 3 nitrogen and oxygen atoms in total. The lowest BCUT2D eigenvalue weighted by Gasteiger charge is -2.20. The monoisotopic (exact) mass is 143 g/mol. The van der Waals surface area contributed by atoms with Crippen LogP contribution in [0.25, 0.3) is 0 Å². The van der Waals surface area contributed by atoms with Gasteiger partial charge < -0.3 is 10.0 Å². The lowest BCUT2D eigenvalue weighted by atomic mass is 10.2. The van der Waals surface area contributed by atoms with Crippen LogP contribution in [0.5, 0.6) is 0 Å². The number of likely N-dealkylation sites (N-methyl/N-ethyl adjacent to an activating group) is 1. The van der Waals surface area contributed by atoms with Crippen LogP contribution in [-0.2, 0) is 4.79 Å². The van der Waals surface area contributed by atoms with Crippen molar-refractivity contribution >= 4 is 5.91 Å². The third-order valence-electron chi connectivity index (χ3n) is 2.00. The summed E-state index contributed by atoms with van der Waals surface area (Å²) in [6.07, 6.45) is 1.43. The van der Waals surface area contributed by atoms with Gasteiger partial charge in [-0.05, 0) is 13.3 Å². The van der Waals surface area contributed by atoms with E-state index in [4.69, 9.17) is 5.11 Å². The minimum absolute atomic E-state index is 0.0949. The number of carbonyl (C=O) groups excluding carboxylic acids is 1. The van der Waals surface area contributed by atoms with Gasteiger partial charge in [-0.1, -0.05) is 0 Å². The molecule has 0 spiro atoms. The van der Waals surface area contributed by atoms with Crippen LogP contribution in [0.4, 0.5) is 0 Å². The molecule has 1 aliphatic rings. The maximum Gasteiger partial charge on any atom is 0.222 e. The molecule has 1 heterocycles. The maximum absolute atomic E-state index is 11.0. The lowest BCUT2D eigenvalue weighted by molar-refractivity contribution is -0.129. The van der Waals surface area contributed by atoms with Gasteiger partial charge >= 0.3 is 0 Å². The Labute approximate surface area is 60.6 Å². The molecule has 58 valence electrons. The number of likely N-dealkylation sites (tertiary alicyclic amines) is 1. The molecule has 0 radical (unpaired) electrons. The molecule has 3 heteroatoms. The summed E-state index contributed by atoms with van der Waals surface area (Å²) in [6, 6.07) is 0.0949. The van der Waals surface area contributed by atoms with E-state index in [0.29, 0.717) is 6.42 Å². The highest BCUT2D eigenvalue weighted by Gasteiger charge is 2.28. The van der Waals surface area contributed by atoms with E-state index in [1.807, 2.05) is 6.92 Å². The maximum atomic E-state index is 11.0. The van der Waals surface area contributed by atoms with Crippen molar-refractivity contribution in [2.75, 3.05) is 13.2 Å². The Bertz CT molecular complexity index is 136. The summed E-state index contributed by atoms with van der Waals surface area (Å²) >= 11 is 0. The van der Waals surface area contributed by atoms with Gasteiger partial charge in [0.1, 0.15) is 0 Å². The van der Waals surface area contributed by atoms with E-state index in [9.17, 15) is 4.79 Å². The number of nitrogens with zero attached hydrogens (tertiary/aromatic N) is 1. The first kappa shape index (κ1) is 7.54. The van der Waals surface area contributed by atoms with Gasteiger partial charge in [0.25, 0.3) is 0 Å². The lowest BCUT2D eigenvalue weighted by Crippen LogP contribution is -2.34. The zero-order chi connectivity index (χ0) is 7.56. The molecular weight excluding hydrogens is 130 g/mol. The Kier molecular flexibility index (Phi) is 2.27. The molecule has 0 aromatic heterocycles. The van der Waals surface area contributed by atoms with Crippen molar-refractivity contribution in [3.8, 4) is 0 Å². The van der Waals surface area contributed by atoms with Crippen molar-refractivity contribution in [3.63, 3.8) is 0 Å². The molecule has 1 saturated heterocycles. The van der Waals surface area contributed by atoms with E-state index in [1.54, 1.807) is 4.90 Å². The predicted octanol–water partition coefficient (Wildman–Crippen LogP) is -0.0104. The second-order valence-electron chi connectivity index (χ2n) is 2.55. The number of aliphatic hydroxyl groups is 1. The Hall–Kier alpha value is -0.570. The van der Waals surface area contributed by atoms with Gasteiger partial charge in [0.2, 0.25) is 5.91 Å². The van der Waals surface area contributed by atoms with E-state index in [2.05, 4.69) is 0 Å². The van der Waals surface area contributed by atoms with Crippen LogP contribution in [-0.4, -0.2) is 35.1 Å². The van der Waals surface area contributed by atoms with Crippen LogP contribution in [0.1, 0.15) is 19.8 Å². The van der Waals surface area contributed by atoms with Crippen LogP contribution in [0.2, 0.25) is 0 Å². The number of rotatable bonds is 2. The van der Waals surface area contributed by atoms with Crippen LogP contribution >= 0.6 is 0 Å². The fraction of sp³-hybridized carbons (Fsp3) is 0.857. The normalized spacial score (nSPS) is 26.0. The summed E-state index contributed by atoms with van der Waals surface area (Å²) < 4.78 is 0. The minimum atomic E-state index is 0.0949. The summed E-state index contributed by atoms with van der Waals surface area (Å²) in [6.45, 7) is 2.77. The van der Waals surface area contributed by atoms with Gasteiger partial charge in [-0.15, -0.1) is 0 Å². The van der Waals surface area contributed by atoms with Gasteiger partial charge in [-0.3, -0.25) is 4.79 Å². The number of hydrogen-bond donors (Lipinski definition) is 1. The minimum Gasteiger partial charge on any atom is -0.394 e. The summed E-state index contributed by atoms with van der Waals surface area (Å²) in [5, 5.41) is 8.79. The van der Waals surface area contributed by atoms with Gasteiger partial charge in [-0.25, -0.2) is 0 Å². The molecule has 10 heavy (non-hydrogen) atoms. The van der Waals surface area contributed by atoms with Gasteiger partial charge in [0, 0.05) is 13.0 Å². The first-order valence-electron chi connectivity index (χ1n) is 3.70. The Balaban J connectivity index is 2.54. The molecule has 0 bridgehead atoms. The van der Waals surface area contributed by atoms with Crippen molar-refractivity contribution in [2.24, 2.45) is 0 Å². The van der Waals surface area contributed by atoms with Crippen molar-refractivity contribution in [3.05, 3.63) is 0 Å². The van der Waals surface area contributed by atoms with Gasteiger partial charge in [-0.2, -0.15) is 0 Å². The third kappa shape index (κ3) is 1.14. The molecule has 0 saturated carbocycles. The number of aliphatic hydroxyl groups excluding tert-OH is 1. The van der Waals surface area contributed by atoms with Crippen LogP contribution in [0.3, 0.4) is 0 Å². The SMILES string of the molecule is CCN1C(=O)CCC1CO. The summed E-state index contributed by atoms with van der Waals surface area (Å²) in [5.74, 6) is 0.182. The first-order valence-corrected chi connectivity index (χ1v) is 3.70. The van der Waals surface area contributed by atoms with E-state index in [-0.39, 0.29) is 18.6 Å². The average molecular weight is 143 g/mol. The summed E-state index contributed by atoms with van der Waals surface area (Å²) in [4.78, 5) is 12.7. The molecule has 0 aromatic rings. The highest BCUT2D eigenvalue weighted by Crippen LogP contribution is 2.16. The summed E-state index contributed by atoms with van der Waals surface area (Å²) in [5.41, 5.74) is 0.